The van der Waals surface area contributed by atoms with Gasteiger partial charge in [0.1, 0.15) is 6.54 Å². The standard InChI is InChI=1S/C13H20N6.HI/c1-10(2)6-7-15-13(14)16-9-12-18-17-11-5-3-4-8-19(11)12;/h3-5,8,10H,6-7,9H2,1-2H3,(H3,14,15,16);1H. The maximum absolute atomic E-state index is 5.80. The second-order valence-electron chi connectivity index (χ2n) is 4.86. The molecule has 0 fully saturated rings. The van der Waals surface area contributed by atoms with Crippen molar-refractivity contribution in [3.05, 3.63) is 30.2 Å². The molecule has 0 aliphatic carbocycles. The van der Waals surface area contributed by atoms with Crippen molar-refractivity contribution >= 4 is 35.6 Å². The molecule has 0 atom stereocenters. The highest BCUT2D eigenvalue weighted by Crippen LogP contribution is 2.03. The van der Waals surface area contributed by atoms with Crippen LogP contribution in [0.15, 0.2) is 29.4 Å². The Balaban J connectivity index is 0.00000200. The summed E-state index contributed by atoms with van der Waals surface area (Å²) in [5, 5.41) is 11.3. The number of aromatic nitrogens is 3. The molecule has 2 aromatic heterocycles. The van der Waals surface area contributed by atoms with Crippen molar-refractivity contribution in [1.82, 2.24) is 19.9 Å². The van der Waals surface area contributed by atoms with E-state index >= 15 is 0 Å². The van der Waals surface area contributed by atoms with Gasteiger partial charge in [0, 0.05) is 12.7 Å². The zero-order valence-corrected chi connectivity index (χ0v) is 14.1. The summed E-state index contributed by atoms with van der Waals surface area (Å²) in [6.07, 6.45) is 2.99. The minimum absolute atomic E-state index is 0. The lowest BCUT2D eigenvalue weighted by Gasteiger charge is -2.07. The first-order valence-corrected chi connectivity index (χ1v) is 6.49. The summed E-state index contributed by atoms with van der Waals surface area (Å²) >= 11 is 0. The summed E-state index contributed by atoms with van der Waals surface area (Å²) in [5.41, 5.74) is 6.62. The Hall–Kier alpha value is -1.38. The van der Waals surface area contributed by atoms with Crippen molar-refractivity contribution in [2.45, 2.75) is 26.8 Å². The topological polar surface area (TPSA) is 80.6 Å². The molecule has 20 heavy (non-hydrogen) atoms. The Morgan fingerprint density at radius 3 is 2.95 bits per heavy atom. The number of aliphatic imine (C=N–C) groups is 1. The predicted octanol–water partition coefficient (Wildman–Crippen LogP) is 1.80. The van der Waals surface area contributed by atoms with E-state index in [0.717, 1.165) is 24.4 Å². The van der Waals surface area contributed by atoms with Gasteiger partial charge in [-0.2, -0.15) is 0 Å². The average molecular weight is 388 g/mol. The number of fused-ring (bicyclic) bond motifs is 1. The van der Waals surface area contributed by atoms with Crippen LogP contribution in [0.3, 0.4) is 0 Å². The smallest absolute Gasteiger partial charge is 0.189 e. The number of hydrogen-bond donors (Lipinski definition) is 2. The van der Waals surface area contributed by atoms with E-state index in [1.54, 1.807) is 0 Å². The predicted molar refractivity (Wildman–Crippen MR) is 91.2 cm³/mol. The maximum atomic E-state index is 5.80. The van der Waals surface area contributed by atoms with E-state index in [-0.39, 0.29) is 24.0 Å². The molecule has 6 nitrogen and oxygen atoms in total. The summed E-state index contributed by atoms with van der Waals surface area (Å²) in [4.78, 5) is 4.27. The SMILES string of the molecule is CC(C)CCNC(N)=NCc1nnc2ccccn12.I. The highest BCUT2D eigenvalue weighted by atomic mass is 127. The van der Waals surface area contributed by atoms with Crippen LogP contribution in [-0.2, 0) is 6.54 Å². The van der Waals surface area contributed by atoms with Gasteiger partial charge in [-0.15, -0.1) is 34.2 Å². The van der Waals surface area contributed by atoms with E-state index < -0.39 is 0 Å². The molecule has 0 aliphatic heterocycles. The van der Waals surface area contributed by atoms with Crippen molar-refractivity contribution < 1.29 is 0 Å². The van der Waals surface area contributed by atoms with E-state index in [1.807, 2.05) is 28.8 Å². The Morgan fingerprint density at radius 2 is 2.20 bits per heavy atom. The molecule has 2 aromatic rings. The fourth-order valence-corrected chi connectivity index (χ4v) is 1.70. The van der Waals surface area contributed by atoms with Crippen molar-refractivity contribution in [1.29, 1.82) is 0 Å². The number of pyridine rings is 1. The molecule has 0 bridgehead atoms. The molecule has 2 heterocycles. The molecule has 0 radical (unpaired) electrons. The Bertz CT molecular complexity index is 563. The Kier molecular flexibility index (Phi) is 6.69. The first-order chi connectivity index (χ1) is 9.16. The number of nitrogens with two attached hydrogens (primary N) is 1. The van der Waals surface area contributed by atoms with Crippen LogP contribution >= 0.6 is 24.0 Å². The lowest BCUT2D eigenvalue weighted by Crippen LogP contribution is -2.33. The molecular formula is C13H21IN6. The van der Waals surface area contributed by atoms with Crippen molar-refractivity contribution in [2.24, 2.45) is 16.6 Å². The van der Waals surface area contributed by atoms with Crippen molar-refractivity contribution in [3.8, 4) is 0 Å². The van der Waals surface area contributed by atoms with Gasteiger partial charge in [0.15, 0.2) is 17.4 Å². The lowest BCUT2D eigenvalue weighted by atomic mass is 10.1. The van der Waals surface area contributed by atoms with Crippen molar-refractivity contribution in [3.63, 3.8) is 0 Å². The number of hydrogen-bond acceptors (Lipinski definition) is 3. The van der Waals surface area contributed by atoms with E-state index in [9.17, 15) is 0 Å². The van der Waals surface area contributed by atoms with Gasteiger partial charge in [0.05, 0.1) is 0 Å². The molecule has 2 rings (SSSR count). The van der Waals surface area contributed by atoms with Crippen LogP contribution in [0.25, 0.3) is 5.65 Å². The van der Waals surface area contributed by atoms with Crippen LogP contribution in [-0.4, -0.2) is 27.1 Å². The van der Waals surface area contributed by atoms with E-state index in [0.29, 0.717) is 18.4 Å². The fraction of sp³-hybridized carbons (Fsp3) is 0.462. The first kappa shape index (κ1) is 16.7. The van der Waals surface area contributed by atoms with E-state index in [4.69, 9.17) is 5.73 Å². The van der Waals surface area contributed by atoms with Crippen molar-refractivity contribution in [2.75, 3.05) is 6.54 Å². The zero-order chi connectivity index (χ0) is 13.7. The van der Waals surface area contributed by atoms with Gasteiger partial charge in [-0.3, -0.25) is 4.40 Å². The highest BCUT2D eigenvalue weighted by molar-refractivity contribution is 14.0. The van der Waals surface area contributed by atoms with Gasteiger partial charge in [0.25, 0.3) is 0 Å². The van der Waals surface area contributed by atoms with Gasteiger partial charge in [-0.1, -0.05) is 19.9 Å². The number of halogens is 1. The van der Waals surface area contributed by atoms with Crippen LogP contribution in [0.1, 0.15) is 26.1 Å². The second-order valence-corrected chi connectivity index (χ2v) is 4.86. The normalized spacial score (nSPS) is 11.7. The fourth-order valence-electron chi connectivity index (χ4n) is 1.70. The Morgan fingerprint density at radius 1 is 1.40 bits per heavy atom. The second kappa shape index (κ2) is 8.03. The minimum Gasteiger partial charge on any atom is -0.370 e. The molecule has 0 unspecified atom stereocenters. The lowest BCUT2D eigenvalue weighted by molar-refractivity contribution is 0.576. The molecule has 0 aliphatic rings. The van der Waals surface area contributed by atoms with E-state index in [1.165, 1.54) is 0 Å². The summed E-state index contributed by atoms with van der Waals surface area (Å²) < 4.78 is 1.91. The summed E-state index contributed by atoms with van der Waals surface area (Å²) in [6.45, 7) is 5.62. The summed E-state index contributed by atoms with van der Waals surface area (Å²) in [7, 11) is 0. The Labute approximate surface area is 135 Å². The minimum atomic E-state index is 0. The van der Waals surface area contributed by atoms with E-state index in [2.05, 4.69) is 34.4 Å². The number of guanidine groups is 1. The molecule has 0 amide bonds. The molecule has 7 heteroatoms. The first-order valence-electron chi connectivity index (χ1n) is 6.49. The molecule has 0 saturated carbocycles. The quantitative estimate of drug-likeness (QED) is 0.465. The van der Waals surface area contributed by atoms with Crippen LogP contribution in [0.2, 0.25) is 0 Å². The third kappa shape index (κ3) is 4.62. The summed E-state index contributed by atoms with van der Waals surface area (Å²) in [5.74, 6) is 1.89. The van der Waals surface area contributed by atoms with Gasteiger partial charge in [0.2, 0.25) is 0 Å². The third-order valence-electron chi connectivity index (χ3n) is 2.80. The molecule has 0 saturated heterocycles. The number of nitrogens with one attached hydrogen (secondary N) is 1. The highest BCUT2D eigenvalue weighted by Gasteiger charge is 2.03. The van der Waals surface area contributed by atoms with Crippen LogP contribution in [0.5, 0.6) is 0 Å². The molecule has 110 valence electrons. The molecule has 0 spiro atoms. The van der Waals surface area contributed by atoms with Crippen LogP contribution in [0, 0.1) is 5.92 Å². The monoisotopic (exact) mass is 388 g/mol. The summed E-state index contributed by atoms with van der Waals surface area (Å²) in [6, 6.07) is 5.77. The van der Waals surface area contributed by atoms with Gasteiger partial charge >= 0.3 is 0 Å². The molecular weight excluding hydrogens is 367 g/mol. The largest absolute Gasteiger partial charge is 0.370 e. The zero-order valence-electron chi connectivity index (χ0n) is 11.8. The maximum Gasteiger partial charge on any atom is 0.189 e. The van der Waals surface area contributed by atoms with Crippen LogP contribution in [0.4, 0.5) is 0 Å². The van der Waals surface area contributed by atoms with Gasteiger partial charge in [-0.05, 0) is 24.5 Å². The average Bonchev–Trinajstić information content (AvgIpc) is 2.79. The van der Waals surface area contributed by atoms with Gasteiger partial charge in [-0.25, -0.2) is 4.99 Å². The number of nitrogens with zero attached hydrogens (tertiary/aromatic N) is 4. The molecule has 3 N–H and O–H groups in total. The third-order valence-corrected chi connectivity index (χ3v) is 2.80. The number of rotatable bonds is 5. The molecule has 0 aromatic carbocycles. The van der Waals surface area contributed by atoms with Crippen LogP contribution < -0.4 is 11.1 Å². The van der Waals surface area contributed by atoms with Gasteiger partial charge < -0.3 is 11.1 Å².